The highest BCUT2D eigenvalue weighted by molar-refractivity contribution is 7.89. The Balaban J connectivity index is 1.71. The minimum Gasteiger partial charge on any atom is -0.408 e. The summed E-state index contributed by atoms with van der Waals surface area (Å²) in [5.41, 5.74) is 1.86. The van der Waals surface area contributed by atoms with Crippen LogP contribution in [-0.2, 0) is 16.6 Å². The maximum absolute atomic E-state index is 13.3. The molecule has 0 radical (unpaired) electrons. The Bertz CT molecular complexity index is 1170. The second-order valence-electron chi connectivity index (χ2n) is 6.98. The molecule has 0 amide bonds. The molecule has 4 rings (SSSR count). The minimum atomic E-state index is -3.81. The highest BCUT2D eigenvalue weighted by Crippen LogP contribution is 2.34. The van der Waals surface area contributed by atoms with Gasteiger partial charge in [0.05, 0.1) is 10.5 Å². The third-order valence-corrected chi connectivity index (χ3v) is 7.64. The average molecular weight is 421 g/mol. The first-order valence-electron chi connectivity index (χ1n) is 9.29. The molecule has 0 aliphatic carbocycles. The van der Waals surface area contributed by atoms with Crippen LogP contribution in [0.2, 0.25) is 5.02 Å². The SMILES string of the molecule is CCn1c(=O)oc2cc(S(=O)(=O)N3CCC[C@H](c4ccccc4)C3)c(Cl)cc21. The third kappa shape index (κ3) is 3.27. The van der Waals surface area contributed by atoms with E-state index in [0.717, 1.165) is 18.4 Å². The van der Waals surface area contributed by atoms with E-state index in [0.29, 0.717) is 25.2 Å². The molecule has 0 spiro atoms. The third-order valence-electron chi connectivity index (χ3n) is 5.31. The molecule has 28 heavy (non-hydrogen) atoms. The van der Waals surface area contributed by atoms with Crippen molar-refractivity contribution >= 4 is 32.7 Å². The van der Waals surface area contributed by atoms with Gasteiger partial charge >= 0.3 is 5.76 Å². The first-order valence-corrected chi connectivity index (χ1v) is 11.1. The van der Waals surface area contributed by atoms with Crippen LogP contribution >= 0.6 is 11.6 Å². The highest BCUT2D eigenvalue weighted by atomic mass is 35.5. The van der Waals surface area contributed by atoms with Crippen molar-refractivity contribution in [1.29, 1.82) is 0 Å². The van der Waals surface area contributed by atoms with E-state index in [1.54, 1.807) is 0 Å². The number of piperidine rings is 1. The Morgan fingerprint density at radius 1 is 1.21 bits per heavy atom. The predicted molar refractivity (Wildman–Crippen MR) is 108 cm³/mol. The number of halogens is 1. The van der Waals surface area contributed by atoms with Gasteiger partial charge in [-0.3, -0.25) is 4.57 Å². The lowest BCUT2D eigenvalue weighted by atomic mass is 9.92. The lowest BCUT2D eigenvalue weighted by Gasteiger charge is -2.32. The maximum Gasteiger partial charge on any atom is 0.419 e. The number of oxazole rings is 1. The number of hydrogen-bond acceptors (Lipinski definition) is 4. The molecule has 2 aromatic carbocycles. The summed E-state index contributed by atoms with van der Waals surface area (Å²) < 4.78 is 34.7. The van der Waals surface area contributed by atoms with Crippen molar-refractivity contribution in [3.05, 3.63) is 63.6 Å². The van der Waals surface area contributed by atoms with Gasteiger partial charge in [0.25, 0.3) is 0 Å². The zero-order chi connectivity index (χ0) is 19.9. The quantitative estimate of drug-likeness (QED) is 0.642. The molecule has 1 fully saturated rings. The van der Waals surface area contributed by atoms with Gasteiger partial charge in [-0.05, 0) is 37.3 Å². The van der Waals surface area contributed by atoms with Gasteiger partial charge in [0.2, 0.25) is 10.0 Å². The Kier molecular flexibility index (Phi) is 5.07. The molecular formula is C20H21ClN2O4S. The Labute approximate surface area is 168 Å². The molecule has 0 N–H and O–H groups in total. The second kappa shape index (κ2) is 7.39. The largest absolute Gasteiger partial charge is 0.419 e. The van der Waals surface area contributed by atoms with Crippen molar-refractivity contribution in [3.63, 3.8) is 0 Å². The van der Waals surface area contributed by atoms with Gasteiger partial charge in [0, 0.05) is 25.7 Å². The van der Waals surface area contributed by atoms with Crippen molar-refractivity contribution in [1.82, 2.24) is 8.87 Å². The van der Waals surface area contributed by atoms with E-state index < -0.39 is 15.8 Å². The van der Waals surface area contributed by atoms with Gasteiger partial charge in [-0.25, -0.2) is 13.2 Å². The van der Waals surface area contributed by atoms with Crippen LogP contribution in [0.1, 0.15) is 31.2 Å². The lowest BCUT2D eigenvalue weighted by molar-refractivity contribution is 0.315. The molecule has 2 heterocycles. The molecule has 1 aliphatic rings. The van der Waals surface area contributed by atoms with Gasteiger partial charge < -0.3 is 4.42 Å². The van der Waals surface area contributed by atoms with Gasteiger partial charge in [-0.15, -0.1) is 0 Å². The van der Waals surface area contributed by atoms with Crippen LogP contribution in [-0.4, -0.2) is 30.4 Å². The first-order chi connectivity index (χ1) is 13.4. The van der Waals surface area contributed by atoms with E-state index in [9.17, 15) is 13.2 Å². The monoisotopic (exact) mass is 420 g/mol. The Hall–Kier alpha value is -2.09. The van der Waals surface area contributed by atoms with Crippen LogP contribution in [0.5, 0.6) is 0 Å². The maximum atomic E-state index is 13.3. The molecule has 8 heteroatoms. The molecule has 0 unspecified atom stereocenters. The summed E-state index contributed by atoms with van der Waals surface area (Å²) in [6.45, 7) is 3.08. The molecule has 0 saturated carbocycles. The zero-order valence-corrected chi connectivity index (χ0v) is 17.0. The molecule has 1 aliphatic heterocycles. The molecule has 148 valence electrons. The van der Waals surface area contributed by atoms with Crippen LogP contribution in [0, 0.1) is 0 Å². The van der Waals surface area contributed by atoms with Crippen molar-refractivity contribution in [2.75, 3.05) is 13.1 Å². The predicted octanol–water partition coefficient (Wildman–Crippen LogP) is 3.84. The van der Waals surface area contributed by atoms with Crippen LogP contribution < -0.4 is 5.76 Å². The van der Waals surface area contributed by atoms with Crippen molar-refractivity contribution < 1.29 is 12.8 Å². The smallest absolute Gasteiger partial charge is 0.408 e. The fraction of sp³-hybridized carbons (Fsp3) is 0.350. The minimum absolute atomic E-state index is 0.0209. The molecular weight excluding hydrogens is 400 g/mol. The van der Waals surface area contributed by atoms with E-state index in [1.165, 1.54) is 21.0 Å². The number of aryl methyl sites for hydroxylation is 1. The van der Waals surface area contributed by atoms with E-state index in [1.807, 2.05) is 37.3 Å². The lowest BCUT2D eigenvalue weighted by Crippen LogP contribution is -2.39. The van der Waals surface area contributed by atoms with Crippen LogP contribution in [0.25, 0.3) is 11.1 Å². The molecule has 0 bridgehead atoms. The summed E-state index contributed by atoms with van der Waals surface area (Å²) in [6, 6.07) is 12.8. The normalized spacial score (nSPS) is 18.6. The van der Waals surface area contributed by atoms with Crippen molar-refractivity contribution in [2.24, 2.45) is 0 Å². The van der Waals surface area contributed by atoms with E-state index >= 15 is 0 Å². The van der Waals surface area contributed by atoms with Crippen LogP contribution in [0.3, 0.4) is 0 Å². The standard InChI is InChI=1S/C20H21ClN2O4S/c1-2-23-17-11-16(21)19(12-18(17)27-20(23)24)28(25,26)22-10-6-9-15(13-22)14-7-4-3-5-8-14/h3-5,7-8,11-12,15H,2,6,9-10,13H2,1H3/t15-/m0/s1. The second-order valence-corrected chi connectivity index (χ2v) is 9.29. The molecule has 6 nitrogen and oxygen atoms in total. The van der Waals surface area contributed by atoms with Gasteiger partial charge in [-0.1, -0.05) is 41.9 Å². The summed E-state index contributed by atoms with van der Waals surface area (Å²) >= 11 is 6.34. The fourth-order valence-electron chi connectivity index (χ4n) is 3.86. The fourth-order valence-corrected chi connectivity index (χ4v) is 5.89. The van der Waals surface area contributed by atoms with E-state index in [4.69, 9.17) is 16.0 Å². The number of benzene rings is 2. The topological polar surface area (TPSA) is 72.5 Å². The number of aromatic nitrogens is 1. The molecule has 1 atom stereocenters. The molecule has 1 saturated heterocycles. The van der Waals surface area contributed by atoms with E-state index in [-0.39, 0.29) is 21.4 Å². The zero-order valence-electron chi connectivity index (χ0n) is 15.5. The van der Waals surface area contributed by atoms with Crippen molar-refractivity contribution in [3.8, 4) is 0 Å². The van der Waals surface area contributed by atoms with Crippen molar-refractivity contribution in [2.45, 2.75) is 37.1 Å². The number of nitrogens with zero attached hydrogens (tertiary/aromatic N) is 2. The van der Waals surface area contributed by atoms with Gasteiger partial charge in [0.15, 0.2) is 5.58 Å². The summed E-state index contributed by atoms with van der Waals surface area (Å²) in [4.78, 5) is 11.9. The van der Waals surface area contributed by atoms with Crippen LogP contribution in [0.15, 0.2) is 56.6 Å². The van der Waals surface area contributed by atoms with E-state index in [2.05, 4.69) is 0 Å². The Morgan fingerprint density at radius 2 is 1.96 bits per heavy atom. The number of sulfonamides is 1. The number of fused-ring (bicyclic) bond motifs is 1. The van der Waals surface area contributed by atoms with Gasteiger partial charge in [0.1, 0.15) is 4.90 Å². The van der Waals surface area contributed by atoms with Crippen LogP contribution in [0.4, 0.5) is 0 Å². The number of hydrogen-bond donors (Lipinski definition) is 0. The first kappa shape index (κ1) is 19.2. The molecule has 1 aromatic heterocycles. The number of rotatable bonds is 4. The summed E-state index contributed by atoms with van der Waals surface area (Å²) in [5, 5.41) is 0.0948. The highest BCUT2D eigenvalue weighted by Gasteiger charge is 2.33. The summed E-state index contributed by atoms with van der Waals surface area (Å²) in [5.74, 6) is -0.378. The van der Waals surface area contributed by atoms with Gasteiger partial charge in [-0.2, -0.15) is 4.31 Å². The summed E-state index contributed by atoms with van der Waals surface area (Å²) in [7, 11) is -3.81. The average Bonchev–Trinajstić information content (AvgIpc) is 3.02. The summed E-state index contributed by atoms with van der Waals surface area (Å²) in [6.07, 6.45) is 1.72. The Morgan fingerprint density at radius 3 is 2.68 bits per heavy atom. The molecule has 3 aromatic rings.